The van der Waals surface area contributed by atoms with Crippen molar-refractivity contribution in [2.45, 2.75) is 46.5 Å². The third-order valence-electron chi connectivity index (χ3n) is 3.26. The quantitative estimate of drug-likeness (QED) is 0.469. The van der Waals surface area contributed by atoms with E-state index in [-0.39, 0.29) is 11.2 Å². The molecule has 2 atom stereocenters. The Bertz CT molecular complexity index is 198. The SMILES string of the molecule is CC1CCCC(C)(C)CC1C(=O)Cl. The van der Waals surface area contributed by atoms with Crippen molar-refractivity contribution in [2.24, 2.45) is 17.3 Å². The normalized spacial score (nSPS) is 33.8. The van der Waals surface area contributed by atoms with Crippen molar-refractivity contribution in [2.75, 3.05) is 0 Å². The lowest BCUT2D eigenvalue weighted by molar-refractivity contribution is -0.117. The fraction of sp³-hybridized carbons (Fsp3) is 0.909. The van der Waals surface area contributed by atoms with Crippen LogP contribution >= 0.6 is 11.6 Å². The Hall–Kier alpha value is -0.0400. The standard InChI is InChI=1S/C11H19ClO/c1-8-5-4-6-11(2,3)7-9(8)10(12)13/h8-9H,4-7H2,1-3H3. The molecule has 0 radical (unpaired) electrons. The van der Waals surface area contributed by atoms with Crippen molar-refractivity contribution in [3.8, 4) is 0 Å². The second-order valence-electron chi connectivity index (χ2n) is 5.15. The van der Waals surface area contributed by atoms with Crippen LogP contribution in [0.3, 0.4) is 0 Å². The number of rotatable bonds is 1. The van der Waals surface area contributed by atoms with Gasteiger partial charge in [-0.3, -0.25) is 4.79 Å². The maximum atomic E-state index is 11.2. The van der Waals surface area contributed by atoms with Crippen LogP contribution in [0.25, 0.3) is 0 Å². The van der Waals surface area contributed by atoms with Crippen LogP contribution in [0.2, 0.25) is 0 Å². The molecule has 0 aromatic heterocycles. The zero-order valence-corrected chi connectivity index (χ0v) is 9.53. The van der Waals surface area contributed by atoms with Gasteiger partial charge in [-0.1, -0.05) is 27.2 Å². The molecule has 1 fully saturated rings. The predicted octanol–water partition coefficient (Wildman–Crippen LogP) is 3.60. The molecular weight excluding hydrogens is 184 g/mol. The summed E-state index contributed by atoms with van der Waals surface area (Å²) < 4.78 is 0. The Balaban J connectivity index is 2.73. The lowest BCUT2D eigenvalue weighted by Gasteiger charge is -2.26. The van der Waals surface area contributed by atoms with Gasteiger partial charge in [0.25, 0.3) is 0 Å². The highest BCUT2D eigenvalue weighted by Gasteiger charge is 2.33. The van der Waals surface area contributed by atoms with E-state index in [1.165, 1.54) is 12.8 Å². The molecule has 0 heterocycles. The number of carbonyl (C=O) groups excluding carboxylic acids is 1. The van der Waals surface area contributed by atoms with E-state index >= 15 is 0 Å². The van der Waals surface area contributed by atoms with Crippen molar-refractivity contribution in [3.63, 3.8) is 0 Å². The highest BCUT2D eigenvalue weighted by Crippen LogP contribution is 2.40. The summed E-state index contributed by atoms with van der Waals surface area (Å²) in [5.41, 5.74) is 0.292. The summed E-state index contributed by atoms with van der Waals surface area (Å²) in [4.78, 5) is 11.2. The number of halogens is 1. The first kappa shape index (κ1) is 11.0. The van der Waals surface area contributed by atoms with Gasteiger partial charge in [-0.2, -0.15) is 0 Å². The average Bonchev–Trinajstić information content (AvgIpc) is 2.10. The summed E-state index contributed by atoms with van der Waals surface area (Å²) in [5.74, 6) is 0.547. The highest BCUT2D eigenvalue weighted by molar-refractivity contribution is 6.64. The summed E-state index contributed by atoms with van der Waals surface area (Å²) in [7, 11) is 0. The van der Waals surface area contributed by atoms with Gasteiger partial charge in [0.1, 0.15) is 0 Å². The van der Waals surface area contributed by atoms with E-state index in [2.05, 4.69) is 20.8 Å². The minimum atomic E-state index is -0.137. The lowest BCUT2D eigenvalue weighted by atomic mass is 9.80. The zero-order chi connectivity index (χ0) is 10.1. The summed E-state index contributed by atoms with van der Waals surface area (Å²) in [6.45, 7) is 6.61. The first-order chi connectivity index (χ1) is 5.92. The van der Waals surface area contributed by atoms with Crippen LogP contribution in [0.4, 0.5) is 0 Å². The number of hydrogen-bond donors (Lipinski definition) is 0. The van der Waals surface area contributed by atoms with Crippen LogP contribution in [-0.4, -0.2) is 5.24 Å². The Labute approximate surface area is 85.8 Å². The summed E-state index contributed by atoms with van der Waals surface area (Å²) in [6, 6.07) is 0. The highest BCUT2D eigenvalue weighted by atomic mass is 35.5. The predicted molar refractivity (Wildman–Crippen MR) is 55.8 cm³/mol. The smallest absolute Gasteiger partial charge is 0.225 e. The molecule has 1 saturated carbocycles. The van der Waals surface area contributed by atoms with Crippen molar-refractivity contribution in [3.05, 3.63) is 0 Å². The summed E-state index contributed by atoms with van der Waals surface area (Å²) in [6.07, 6.45) is 4.55. The molecule has 76 valence electrons. The molecule has 13 heavy (non-hydrogen) atoms. The molecule has 0 spiro atoms. The Kier molecular flexibility index (Phi) is 3.39. The molecule has 0 amide bonds. The van der Waals surface area contributed by atoms with Crippen LogP contribution in [0.1, 0.15) is 46.5 Å². The van der Waals surface area contributed by atoms with Crippen LogP contribution in [0, 0.1) is 17.3 Å². The summed E-state index contributed by atoms with van der Waals surface area (Å²) in [5, 5.41) is -0.137. The maximum absolute atomic E-state index is 11.2. The third kappa shape index (κ3) is 2.98. The second-order valence-corrected chi connectivity index (χ2v) is 5.52. The van der Waals surface area contributed by atoms with Gasteiger partial charge in [0, 0.05) is 5.92 Å². The minimum Gasteiger partial charge on any atom is -0.281 e. The zero-order valence-electron chi connectivity index (χ0n) is 8.77. The van der Waals surface area contributed by atoms with E-state index in [4.69, 9.17) is 11.6 Å². The topological polar surface area (TPSA) is 17.1 Å². The van der Waals surface area contributed by atoms with Crippen molar-refractivity contribution in [1.29, 1.82) is 0 Å². The minimum absolute atomic E-state index is 0.0826. The Morgan fingerprint density at radius 1 is 1.46 bits per heavy atom. The largest absolute Gasteiger partial charge is 0.281 e. The van der Waals surface area contributed by atoms with Crippen LogP contribution in [0.5, 0.6) is 0 Å². The molecule has 0 saturated heterocycles. The average molecular weight is 203 g/mol. The third-order valence-corrected chi connectivity index (χ3v) is 3.54. The van der Waals surface area contributed by atoms with E-state index in [1.807, 2.05) is 0 Å². The molecule has 0 aromatic carbocycles. The van der Waals surface area contributed by atoms with Crippen LogP contribution in [-0.2, 0) is 4.79 Å². The molecule has 1 aliphatic rings. The number of carbonyl (C=O) groups is 1. The molecular formula is C11H19ClO. The summed E-state index contributed by atoms with van der Waals surface area (Å²) >= 11 is 5.61. The van der Waals surface area contributed by atoms with Crippen molar-refractivity contribution < 1.29 is 4.79 Å². The molecule has 2 heteroatoms. The molecule has 1 rings (SSSR count). The van der Waals surface area contributed by atoms with Crippen molar-refractivity contribution in [1.82, 2.24) is 0 Å². The Morgan fingerprint density at radius 3 is 2.62 bits per heavy atom. The Morgan fingerprint density at radius 2 is 2.08 bits per heavy atom. The first-order valence-corrected chi connectivity index (χ1v) is 5.49. The van der Waals surface area contributed by atoms with Gasteiger partial charge in [-0.05, 0) is 42.2 Å². The first-order valence-electron chi connectivity index (χ1n) is 5.12. The van der Waals surface area contributed by atoms with Gasteiger partial charge in [0.2, 0.25) is 5.24 Å². The molecule has 0 N–H and O–H groups in total. The van der Waals surface area contributed by atoms with Gasteiger partial charge in [0.05, 0.1) is 0 Å². The molecule has 0 aromatic rings. The van der Waals surface area contributed by atoms with E-state index in [0.29, 0.717) is 11.3 Å². The van der Waals surface area contributed by atoms with Gasteiger partial charge >= 0.3 is 0 Å². The van der Waals surface area contributed by atoms with Gasteiger partial charge in [-0.15, -0.1) is 0 Å². The fourth-order valence-electron chi connectivity index (χ4n) is 2.31. The molecule has 0 bridgehead atoms. The molecule has 2 unspecified atom stereocenters. The van der Waals surface area contributed by atoms with Crippen molar-refractivity contribution >= 4 is 16.8 Å². The maximum Gasteiger partial charge on any atom is 0.225 e. The van der Waals surface area contributed by atoms with Crippen LogP contribution in [0.15, 0.2) is 0 Å². The molecule has 1 nitrogen and oxygen atoms in total. The fourth-order valence-corrected chi connectivity index (χ4v) is 2.60. The van der Waals surface area contributed by atoms with E-state index < -0.39 is 0 Å². The van der Waals surface area contributed by atoms with E-state index in [0.717, 1.165) is 12.8 Å². The van der Waals surface area contributed by atoms with Gasteiger partial charge < -0.3 is 0 Å². The molecule has 0 aliphatic heterocycles. The second kappa shape index (κ2) is 4.00. The lowest BCUT2D eigenvalue weighted by Crippen LogP contribution is -2.22. The van der Waals surface area contributed by atoms with E-state index in [9.17, 15) is 4.79 Å². The van der Waals surface area contributed by atoms with Crippen LogP contribution < -0.4 is 0 Å². The monoisotopic (exact) mass is 202 g/mol. The van der Waals surface area contributed by atoms with E-state index in [1.54, 1.807) is 0 Å². The van der Waals surface area contributed by atoms with Gasteiger partial charge in [-0.25, -0.2) is 0 Å². The molecule has 1 aliphatic carbocycles. The van der Waals surface area contributed by atoms with Gasteiger partial charge in [0.15, 0.2) is 0 Å². The number of hydrogen-bond acceptors (Lipinski definition) is 1.